The predicted octanol–water partition coefficient (Wildman–Crippen LogP) is 3.81. The van der Waals surface area contributed by atoms with Crippen LogP contribution in [0, 0.1) is 0 Å². The molecule has 1 aromatic heterocycles. The number of nitrogens with zero attached hydrogens (tertiary/aromatic N) is 2. The highest BCUT2D eigenvalue weighted by Crippen LogP contribution is 2.36. The monoisotopic (exact) mass is 369 g/mol. The fraction of sp³-hybridized carbons (Fsp3) is 0.300. The topological polar surface area (TPSA) is 78.6 Å². The van der Waals surface area contributed by atoms with Crippen molar-refractivity contribution in [1.29, 1.82) is 0 Å². The zero-order chi connectivity index (χ0) is 19.1. The molecular formula is C20H23N3O4. The highest BCUT2D eigenvalue weighted by Gasteiger charge is 2.16. The first-order valence-electron chi connectivity index (χ1n) is 8.75. The Balaban J connectivity index is 1.61. The second-order valence-electron chi connectivity index (χ2n) is 5.72. The standard InChI is InChI=1S/C20H23N3O4/c1-4-26-15-10-8-14(9-11-15)12-13-21-20-22-19(23-27-20)16-6-5-7-17(24-2)18(16)25-3/h5-11H,4,12-13H2,1-3H3,(H,21,22,23). The summed E-state index contributed by atoms with van der Waals surface area (Å²) in [6.07, 6.45) is 0.826. The lowest BCUT2D eigenvalue weighted by atomic mass is 10.1. The number of hydrogen-bond donors (Lipinski definition) is 1. The Labute approximate surface area is 158 Å². The number of benzene rings is 2. The van der Waals surface area contributed by atoms with Gasteiger partial charge in [0.1, 0.15) is 5.75 Å². The van der Waals surface area contributed by atoms with E-state index in [9.17, 15) is 0 Å². The highest BCUT2D eigenvalue weighted by molar-refractivity contribution is 5.68. The molecule has 3 rings (SSSR count). The van der Waals surface area contributed by atoms with Crippen molar-refractivity contribution in [2.45, 2.75) is 13.3 Å². The first-order valence-corrected chi connectivity index (χ1v) is 8.75. The van der Waals surface area contributed by atoms with Crippen molar-refractivity contribution in [2.75, 3.05) is 32.7 Å². The summed E-state index contributed by atoms with van der Waals surface area (Å²) >= 11 is 0. The minimum atomic E-state index is 0.362. The maximum atomic E-state index is 5.45. The number of methoxy groups -OCH3 is 2. The van der Waals surface area contributed by atoms with Crippen LogP contribution in [0.15, 0.2) is 47.0 Å². The van der Waals surface area contributed by atoms with Crippen LogP contribution in [0.5, 0.6) is 17.2 Å². The molecule has 0 unspecified atom stereocenters. The molecule has 0 spiro atoms. The molecule has 0 saturated carbocycles. The van der Waals surface area contributed by atoms with E-state index in [0.717, 1.165) is 12.2 Å². The number of nitrogens with one attached hydrogen (secondary N) is 1. The third-order valence-corrected chi connectivity index (χ3v) is 3.99. The van der Waals surface area contributed by atoms with Gasteiger partial charge >= 0.3 is 6.01 Å². The molecule has 0 atom stereocenters. The van der Waals surface area contributed by atoms with Crippen molar-refractivity contribution in [3.8, 4) is 28.6 Å². The maximum Gasteiger partial charge on any atom is 0.321 e. The number of anilines is 1. The smallest absolute Gasteiger partial charge is 0.321 e. The van der Waals surface area contributed by atoms with Gasteiger partial charge < -0.3 is 24.1 Å². The molecule has 0 aliphatic rings. The molecule has 7 nitrogen and oxygen atoms in total. The Morgan fingerprint density at radius 1 is 1.04 bits per heavy atom. The van der Waals surface area contributed by atoms with Crippen molar-refractivity contribution >= 4 is 6.01 Å². The Hall–Kier alpha value is -3.22. The number of aromatic nitrogens is 2. The van der Waals surface area contributed by atoms with Crippen LogP contribution in [0.3, 0.4) is 0 Å². The summed E-state index contributed by atoms with van der Waals surface area (Å²) in [4.78, 5) is 4.39. The van der Waals surface area contributed by atoms with Gasteiger partial charge in [-0.1, -0.05) is 23.4 Å². The average Bonchev–Trinajstić information content (AvgIpc) is 3.17. The normalized spacial score (nSPS) is 10.5. The summed E-state index contributed by atoms with van der Waals surface area (Å²) in [5.74, 6) is 2.50. The predicted molar refractivity (Wildman–Crippen MR) is 103 cm³/mol. The zero-order valence-electron chi connectivity index (χ0n) is 15.7. The second kappa shape index (κ2) is 8.93. The van der Waals surface area contributed by atoms with Crippen LogP contribution >= 0.6 is 0 Å². The molecule has 27 heavy (non-hydrogen) atoms. The second-order valence-corrected chi connectivity index (χ2v) is 5.72. The third-order valence-electron chi connectivity index (χ3n) is 3.99. The van der Waals surface area contributed by atoms with Gasteiger partial charge in [0.15, 0.2) is 11.5 Å². The van der Waals surface area contributed by atoms with Gasteiger partial charge in [-0.25, -0.2) is 0 Å². The van der Waals surface area contributed by atoms with Crippen molar-refractivity contribution in [3.05, 3.63) is 48.0 Å². The zero-order valence-corrected chi connectivity index (χ0v) is 15.7. The van der Waals surface area contributed by atoms with E-state index < -0.39 is 0 Å². The fourth-order valence-corrected chi connectivity index (χ4v) is 2.70. The van der Waals surface area contributed by atoms with Crippen LogP contribution < -0.4 is 19.5 Å². The van der Waals surface area contributed by atoms with Crippen LogP contribution in [-0.2, 0) is 6.42 Å². The lowest BCUT2D eigenvalue weighted by molar-refractivity contribution is 0.340. The molecule has 3 aromatic rings. The molecule has 0 aliphatic heterocycles. The first-order chi connectivity index (χ1) is 13.2. The summed E-state index contributed by atoms with van der Waals surface area (Å²) < 4.78 is 21.5. The first kappa shape index (κ1) is 18.6. The number of hydrogen-bond acceptors (Lipinski definition) is 7. The van der Waals surface area contributed by atoms with Gasteiger partial charge in [-0.3, -0.25) is 0 Å². The average molecular weight is 369 g/mol. The molecule has 0 bridgehead atoms. The summed E-state index contributed by atoms with van der Waals surface area (Å²) in [5.41, 5.74) is 1.90. The SMILES string of the molecule is CCOc1ccc(CCNc2nc(-c3cccc(OC)c3OC)no2)cc1. The molecule has 1 N–H and O–H groups in total. The van der Waals surface area contributed by atoms with Crippen molar-refractivity contribution in [3.63, 3.8) is 0 Å². The quantitative estimate of drug-likeness (QED) is 0.614. The summed E-state index contributed by atoms with van der Waals surface area (Å²) in [7, 11) is 3.17. The largest absolute Gasteiger partial charge is 0.494 e. The molecule has 0 amide bonds. The van der Waals surface area contributed by atoms with E-state index in [0.29, 0.717) is 42.1 Å². The van der Waals surface area contributed by atoms with Gasteiger partial charge in [-0.15, -0.1) is 0 Å². The molecule has 142 valence electrons. The number of rotatable bonds is 9. The molecule has 0 fully saturated rings. The summed E-state index contributed by atoms with van der Waals surface area (Å²) in [6, 6.07) is 13.9. The Morgan fingerprint density at radius 3 is 2.56 bits per heavy atom. The summed E-state index contributed by atoms with van der Waals surface area (Å²) in [6.45, 7) is 3.31. The van der Waals surface area contributed by atoms with Crippen LogP contribution in [0.4, 0.5) is 6.01 Å². The lowest BCUT2D eigenvalue weighted by Crippen LogP contribution is -2.05. The fourth-order valence-electron chi connectivity index (χ4n) is 2.70. The van der Waals surface area contributed by atoms with Gasteiger partial charge in [0.25, 0.3) is 0 Å². The van der Waals surface area contributed by atoms with E-state index in [1.165, 1.54) is 5.56 Å². The lowest BCUT2D eigenvalue weighted by Gasteiger charge is -2.09. The van der Waals surface area contributed by atoms with Crippen LogP contribution in [0.2, 0.25) is 0 Å². The molecule has 2 aromatic carbocycles. The third kappa shape index (κ3) is 4.49. The summed E-state index contributed by atoms with van der Waals surface area (Å²) in [5, 5.41) is 7.17. The molecule has 0 radical (unpaired) electrons. The van der Waals surface area contributed by atoms with E-state index >= 15 is 0 Å². The van der Waals surface area contributed by atoms with E-state index in [-0.39, 0.29) is 0 Å². The van der Waals surface area contributed by atoms with Crippen molar-refractivity contribution in [2.24, 2.45) is 0 Å². The maximum absolute atomic E-state index is 5.45. The Morgan fingerprint density at radius 2 is 1.85 bits per heavy atom. The van der Waals surface area contributed by atoms with Gasteiger partial charge in [0.05, 0.1) is 26.4 Å². The van der Waals surface area contributed by atoms with Crippen LogP contribution in [0.25, 0.3) is 11.4 Å². The number of para-hydroxylation sites is 1. The van der Waals surface area contributed by atoms with Crippen LogP contribution in [-0.4, -0.2) is 37.5 Å². The van der Waals surface area contributed by atoms with Gasteiger partial charge in [0, 0.05) is 6.54 Å². The van der Waals surface area contributed by atoms with E-state index in [1.807, 2.05) is 49.4 Å². The Bertz CT molecular complexity index is 862. The van der Waals surface area contributed by atoms with Gasteiger partial charge in [-0.05, 0) is 43.2 Å². The highest BCUT2D eigenvalue weighted by atomic mass is 16.5. The molecule has 0 aliphatic carbocycles. The van der Waals surface area contributed by atoms with E-state index in [4.69, 9.17) is 18.7 Å². The van der Waals surface area contributed by atoms with E-state index in [1.54, 1.807) is 14.2 Å². The van der Waals surface area contributed by atoms with E-state index in [2.05, 4.69) is 15.5 Å². The van der Waals surface area contributed by atoms with Crippen LogP contribution in [0.1, 0.15) is 12.5 Å². The van der Waals surface area contributed by atoms with Gasteiger partial charge in [-0.2, -0.15) is 4.98 Å². The van der Waals surface area contributed by atoms with Crippen molar-refractivity contribution < 1.29 is 18.7 Å². The molecule has 7 heteroatoms. The Kier molecular flexibility index (Phi) is 6.14. The number of ether oxygens (including phenoxy) is 3. The molecule has 0 saturated heterocycles. The minimum absolute atomic E-state index is 0.362. The molecular weight excluding hydrogens is 346 g/mol. The molecule has 1 heterocycles. The minimum Gasteiger partial charge on any atom is -0.494 e. The van der Waals surface area contributed by atoms with Crippen molar-refractivity contribution in [1.82, 2.24) is 10.1 Å². The van der Waals surface area contributed by atoms with Gasteiger partial charge in [0.2, 0.25) is 5.82 Å².